The van der Waals surface area contributed by atoms with E-state index in [1.54, 1.807) is 18.3 Å². The minimum Gasteiger partial charge on any atom is -0.478 e. The first kappa shape index (κ1) is 15.2. The molecule has 0 radical (unpaired) electrons. The first-order valence-electron chi connectivity index (χ1n) is 7.48. The molecule has 0 amide bonds. The smallest absolute Gasteiger partial charge is 0.335 e. The van der Waals surface area contributed by atoms with Gasteiger partial charge >= 0.3 is 5.97 Å². The Bertz CT molecular complexity index is 690. The summed E-state index contributed by atoms with van der Waals surface area (Å²) in [4.78, 5) is 21.5. The molecule has 3 rings (SSSR count). The SMILES string of the molecule is O=C(O)c1ccc(Nc2nccc(N3CCCC(O)C3)n2)cc1. The average Bonchev–Trinajstić information content (AvgIpc) is 2.56. The molecule has 0 bridgehead atoms. The lowest BCUT2D eigenvalue weighted by atomic mass is 10.1. The topological polar surface area (TPSA) is 98.6 Å². The number of benzene rings is 1. The van der Waals surface area contributed by atoms with Crippen molar-refractivity contribution in [1.29, 1.82) is 0 Å². The van der Waals surface area contributed by atoms with Crippen molar-refractivity contribution in [3.8, 4) is 0 Å². The van der Waals surface area contributed by atoms with Crippen LogP contribution in [0.4, 0.5) is 17.5 Å². The fraction of sp³-hybridized carbons (Fsp3) is 0.312. The fourth-order valence-corrected chi connectivity index (χ4v) is 2.57. The second-order valence-electron chi connectivity index (χ2n) is 5.49. The number of piperidine rings is 1. The van der Waals surface area contributed by atoms with Crippen molar-refractivity contribution in [2.24, 2.45) is 0 Å². The largest absolute Gasteiger partial charge is 0.478 e. The second-order valence-corrected chi connectivity index (χ2v) is 5.49. The van der Waals surface area contributed by atoms with E-state index in [9.17, 15) is 9.90 Å². The van der Waals surface area contributed by atoms with Crippen LogP contribution in [0.2, 0.25) is 0 Å². The normalized spacial score (nSPS) is 17.8. The minimum atomic E-state index is -0.960. The zero-order valence-corrected chi connectivity index (χ0v) is 12.5. The number of carbonyl (C=O) groups is 1. The fourth-order valence-electron chi connectivity index (χ4n) is 2.57. The summed E-state index contributed by atoms with van der Waals surface area (Å²) in [6, 6.07) is 8.20. The van der Waals surface area contributed by atoms with Crippen molar-refractivity contribution >= 4 is 23.4 Å². The number of aliphatic hydroxyl groups is 1. The van der Waals surface area contributed by atoms with Crippen molar-refractivity contribution in [3.05, 3.63) is 42.1 Å². The highest BCUT2D eigenvalue weighted by atomic mass is 16.4. The molecule has 1 fully saturated rings. The number of carboxylic acids is 1. The molecule has 1 atom stereocenters. The molecule has 1 aromatic carbocycles. The zero-order valence-electron chi connectivity index (χ0n) is 12.5. The molecule has 7 nitrogen and oxygen atoms in total. The standard InChI is InChI=1S/C16H18N4O3/c21-13-2-1-9-20(10-13)14-7-8-17-16(19-14)18-12-5-3-11(4-6-12)15(22)23/h3-8,13,21H,1-2,9-10H2,(H,22,23)(H,17,18,19). The van der Waals surface area contributed by atoms with E-state index >= 15 is 0 Å². The molecule has 23 heavy (non-hydrogen) atoms. The molecule has 3 N–H and O–H groups in total. The Morgan fingerprint density at radius 2 is 2.04 bits per heavy atom. The van der Waals surface area contributed by atoms with Gasteiger partial charge in [0.2, 0.25) is 5.95 Å². The highest BCUT2D eigenvalue weighted by Gasteiger charge is 2.19. The molecule has 2 aromatic rings. The van der Waals surface area contributed by atoms with Crippen LogP contribution in [0, 0.1) is 0 Å². The van der Waals surface area contributed by atoms with Crippen LogP contribution in [0.25, 0.3) is 0 Å². The number of rotatable bonds is 4. The van der Waals surface area contributed by atoms with E-state index in [4.69, 9.17) is 5.11 Å². The Morgan fingerprint density at radius 1 is 1.26 bits per heavy atom. The molecular formula is C16H18N4O3. The number of nitrogens with zero attached hydrogens (tertiary/aromatic N) is 3. The van der Waals surface area contributed by atoms with E-state index in [0.717, 1.165) is 25.2 Å². The lowest BCUT2D eigenvalue weighted by molar-refractivity contribution is 0.0697. The van der Waals surface area contributed by atoms with Crippen LogP contribution in [0.5, 0.6) is 0 Å². The molecular weight excluding hydrogens is 296 g/mol. The third-order valence-corrected chi connectivity index (χ3v) is 3.75. The molecule has 1 saturated heterocycles. The molecule has 120 valence electrons. The lowest BCUT2D eigenvalue weighted by Crippen LogP contribution is -2.38. The summed E-state index contributed by atoms with van der Waals surface area (Å²) in [5, 5.41) is 21.7. The predicted octanol–water partition coefficient (Wildman–Crippen LogP) is 1.88. The van der Waals surface area contributed by atoms with Gasteiger partial charge in [0, 0.05) is 25.0 Å². The van der Waals surface area contributed by atoms with Crippen LogP contribution in [-0.2, 0) is 0 Å². The van der Waals surface area contributed by atoms with Gasteiger partial charge in [0.1, 0.15) is 5.82 Å². The van der Waals surface area contributed by atoms with Gasteiger partial charge in [-0.15, -0.1) is 0 Å². The summed E-state index contributed by atoms with van der Waals surface area (Å²) in [6.07, 6.45) is 3.10. The predicted molar refractivity (Wildman–Crippen MR) is 86.2 cm³/mol. The molecule has 7 heteroatoms. The maximum Gasteiger partial charge on any atom is 0.335 e. The van der Waals surface area contributed by atoms with Gasteiger partial charge in [0.15, 0.2) is 0 Å². The summed E-state index contributed by atoms with van der Waals surface area (Å²) in [5.74, 6) is 0.243. The lowest BCUT2D eigenvalue weighted by Gasteiger charge is -2.31. The van der Waals surface area contributed by atoms with Crippen LogP contribution in [0.3, 0.4) is 0 Å². The van der Waals surface area contributed by atoms with E-state index in [0.29, 0.717) is 18.2 Å². The van der Waals surface area contributed by atoms with Crippen LogP contribution in [0.15, 0.2) is 36.5 Å². The Kier molecular flexibility index (Phi) is 4.38. The minimum absolute atomic E-state index is 0.229. The number of nitrogens with one attached hydrogen (secondary N) is 1. The Labute approximate surface area is 133 Å². The van der Waals surface area contributed by atoms with Gasteiger partial charge in [-0.25, -0.2) is 9.78 Å². The second kappa shape index (κ2) is 6.62. The van der Waals surface area contributed by atoms with E-state index in [2.05, 4.69) is 15.3 Å². The summed E-state index contributed by atoms with van der Waals surface area (Å²) in [6.45, 7) is 1.44. The van der Waals surface area contributed by atoms with Gasteiger partial charge in [-0.05, 0) is 43.2 Å². The third kappa shape index (κ3) is 3.75. The summed E-state index contributed by atoms with van der Waals surface area (Å²) >= 11 is 0. The first-order valence-corrected chi connectivity index (χ1v) is 7.48. The number of aromatic carboxylic acids is 1. The van der Waals surface area contributed by atoms with Crippen LogP contribution in [0.1, 0.15) is 23.2 Å². The van der Waals surface area contributed by atoms with Crippen molar-refractivity contribution in [1.82, 2.24) is 9.97 Å². The summed E-state index contributed by atoms with van der Waals surface area (Å²) in [5.41, 5.74) is 0.943. The van der Waals surface area contributed by atoms with E-state index in [1.807, 2.05) is 11.0 Å². The molecule has 1 aliphatic heterocycles. The number of hydrogen-bond acceptors (Lipinski definition) is 6. The van der Waals surface area contributed by atoms with Gasteiger partial charge < -0.3 is 20.4 Å². The number of β-amino-alcohol motifs (C(OH)–C–C–N with tert-alkyl or cyclic N) is 1. The summed E-state index contributed by atoms with van der Waals surface area (Å²) in [7, 11) is 0. The van der Waals surface area contributed by atoms with Gasteiger partial charge in [-0.3, -0.25) is 0 Å². The Balaban J connectivity index is 1.73. The zero-order chi connectivity index (χ0) is 16.2. The molecule has 1 aliphatic rings. The highest BCUT2D eigenvalue weighted by molar-refractivity contribution is 5.88. The Hall–Kier alpha value is -2.67. The molecule has 1 unspecified atom stereocenters. The van der Waals surface area contributed by atoms with Crippen molar-refractivity contribution in [2.75, 3.05) is 23.3 Å². The van der Waals surface area contributed by atoms with Crippen LogP contribution in [-0.4, -0.2) is 45.3 Å². The summed E-state index contributed by atoms with van der Waals surface area (Å²) < 4.78 is 0. The maximum absolute atomic E-state index is 10.8. The number of anilines is 3. The van der Waals surface area contributed by atoms with Crippen LogP contribution >= 0.6 is 0 Å². The first-order chi connectivity index (χ1) is 11.1. The number of aliphatic hydroxyl groups excluding tert-OH is 1. The molecule has 0 aliphatic carbocycles. The molecule has 1 aromatic heterocycles. The molecule has 0 saturated carbocycles. The van der Waals surface area contributed by atoms with Gasteiger partial charge in [0.05, 0.1) is 11.7 Å². The van der Waals surface area contributed by atoms with E-state index in [-0.39, 0.29) is 11.7 Å². The number of aromatic nitrogens is 2. The van der Waals surface area contributed by atoms with Crippen LogP contribution < -0.4 is 10.2 Å². The molecule has 2 heterocycles. The average molecular weight is 314 g/mol. The van der Waals surface area contributed by atoms with Gasteiger partial charge in [-0.2, -0.15) is 4.98 Å². The maximum atomic E-state index is 10.8. The third-order valence-electron chi connectivity index (χ3n) is 3.75. The number of carboxylic acid groups (broad SMARTS) is 1. The van der Waals surface area contributed by atoms with Gasteiger partial charge in [-0.1, -0.05) is 0 Å². The number of hydrogen-bond donors (Lipinski definition) is 3. The van der Waals surface area contributed by atoms with Gasteiger partial charge in [0.25, 0.3) is 0 Å². The Morgan fingerprint density at radius 3 is 2.74 bits per heavy atom. The van der Waals surface area contributed by atoms with E-state index < -0.39 is 5.97 Å². The van der Waals surface area contributed by atoms with E-state index in [1.165, 1.54) is 12.1 Å². The molecule has 0 spiro atoms. The monoisotopic (exact) mass is 314 g/mol. The highest BCUT2D eigenvalue weighted by Crippen LogP contribution is 2.20. The van der Waals surface area contributed by atoms with Crippen molar-refractivity contribution in [2.45, 2.75) is 18.9 Å². The quantitative estimate of drug-likeness (QED) is 0.792. The van der Waals surface area contributed by atoms with Crippen molar-refractivity contribution < 1.29 is 15.0 Å². The van der Waals surface area contributed by atoms with Crippen molar-refractivity contribution in [3.63, 3.8) is 0 Å².